The summed E-state index contributed by atoms with van der Waals surface area (Å²) in [7, 11) is 0. The monoisotopic (exact) mass is 171 g/mol. The molecule has 0 aromatic carbocycles. The zero-order valence-corrected chi connectivity index (χ0v) is 8.11. The molecule has 1 atom stereocenters. The molecular weight excluding hydrogens is 154 g/mol. The Morgan fingerprint density at radius 1 is 1.27 bits per heavy atom. The highest BCUT2D eigenvalue weighted by Crippen LogP contribution is 2.09. The number of nitriles is 1. The maximum atomic E-state index is 8.41. The molecule has 0 aliphatic carbocycles. The third-order valence-corrected chi connectivity index (χ3v) is 2.10. The van der Waals surface area contributed by atoms with Crippen LogP contribution in [0, 0.1) is 11.3 Å². The smallest absolute Gasteiger partial charge is 0.0887 e. The largest absolute Gasteiger partial charge is 0.197 e. The quantitative estimate of drug-likeness (QED) is 0.481. The Balaban J connectivity index is 2.97. The standard InChI is InChI=1S/C9H17NS/c1-2-3-4-5-6-7-9(11)8-10/h9,11H,2-7H2,1H3. The predicted molar refractivity (Wildman–Crippen MR) is 51.8 cm³/mol. The first kappa shape index (κ1) is 10.8. The van der Waals surface area contributed by atoms with E-state index in [-0.39, 0.29) is 5.25 Å². The van der Waals surface area contributed by atoms with E-state index in [2.05, 4.69) is 25.6 Å². The molecule has 0 spiro atoms. The molecule has 0 amide bonds. The second kappa shape index (κ2) is 7.94. The highest BCUT2D eigenvalue weighted by Gasteiger charge is 1.98. The van der Waals surface area contributed by atoms with Crippen molar-refractivity contribution in [1.29, 1.82) is 5.26 Å². The van der Waals surface area contributed by atoms with Crippen LogP contribution in [0.3, 0.4) is 0 Å². The van der Waals surface area contributed by atoms with Crippen LogP contribution in [0.2, 0.25) is 0 Å². The third-order valence-electron chi connectivity index (χ3n) is 1.73. The molecule has 0 aliphatic rings. The van der Waals surface area contributed by atoms with Crippen LogP contribution in [0.4, 0.5) is 0 Å². The van der Waals surface area contributed by atoms with Crippen LogP contribution in [0.1, 0.15) is 45.4 Å². The van der Waals surface area contributed by atoms with Gasteiger partial charge in [0.15, 0.2) is 0 Å². The van der Waals surface area contributed by atoms with Crippen LogP contribution in [-0.4, -0.2) is 5.25 Å². The summed E-state index contributed by atoms with van der Waals surface area (Å²) in [5, 5.41) is 8.37. The summed E-state index contributed by atoms with van der Waals surface area (Å²) in [6.45, 7) is 2.21. The van der Waals surface area contributed by atoms with E-state index < -0.39 is 0 Å². The Labute approximate surface area is 75.2 Å². The Hall–Kier alpha value is -0.160. The lowest BCUT2D eigenvalue weighted by molar-refractivity contribution is 0.616. The highest BCUT2D eigenvalue weighted by molar-refractivity contribution is 7.81. The van der Waals surface area contributed by atoms with E-state index in [4.69, 9.17) is 5.26 Å². The number of nitrogens with zero attached hydrogens (tertiary/aromatic N) is 1. The lowest BCUT2D eigenvalue weighted by Gasteiger charge is -2.00. The summed E-state index contributed by atoms with van der Waals surface area (Å²) in [5.41, 5.74) is 0. The summed E-state index contributed by atoms with van der Waals surface area (Å²) in [6.07, 6.45) is 7.27. The fraction of sp³-hybridized carbons (Fsp3) is 0.889. The number of hydrogen-bond acceptors (Lipinski definition) is 2. The van der Waals surface area contributed by atoms with Gasteiger partial charge in [0, 0.05) is 0 Å². The molecule has 0 fully saturated rings. The normalized spacial score (nSPS) is 12.5. The second-order valence-electron chi connectivity index (χ2n) is 2.85. The first-order chi connectivity index (χ1) is 5.31. The minimum absolute atomic E-state index is 0.0448. The van der Waals surface area contributed by atoms with Crippen LogP contribution < -0.4 is 0 Å². The van der Waals surface area contributed by atoms with Gasteiger partial charge in [0.25, 0.3) is 0 Å². The number of thiol groups is 1. The molecule has 0 rings (SSSR count). The molecule has 64 valence electrons. The van der Waals surface area contributed by atoms with Gasteiger partial charge in [-0.25, -0.2) is 0 Å². The average molecular weight is 171 g/mol. The zero-order valence-electron chi connectivity index (χ0n) is 7.21. The minimum Gasteiger partial charge on any atom is -0.197 e. The van der Waals surface area contributed by atoms with Crippen molar-refractivity contribution in [2.75, 3.05) is 0 Å². The molecule has 0 aromatic rings. The SMILES string of the molecule is CCCCCCCC(S)C#N. The average Bonchev–Trinajstić information content (AvgIpc) is 2.04. The van der Waals surface area contributed by atoms with Gasteiger partial charge in [0.2, 0.25) is 0 Å². The van der Waals surface area contributed by atoms with Crippen molar-refractivity contribution >= 4 is 12.6 Å². The molecule has 0 bridgehead atoms. The minimum atomic E-state index is -0.0448. The van der Waals surface area contributed by atoms with E-state index >= 15 is 0 Å². The summed E-state index contributed by atoms with van der Waals surface area (Å²) >= 11 is 4.09. The van der Waals surface area contributed by atoms with Crippen molar-refractivity contribution in [2.45, 2.75) is 50.7 Å². The van der Waals surface area contributed by atoms with E-state index in [9.17, 15) is 0 Å². The molecule has 1 nitrogen and oxygen atoms in total. The van der Waals surface area contributed by atoms with E-state index in [0.717, 1.165) is 12.8 Å². The van der Waals surface area contributed by atoms with Gasteiger partial charge in [-0.05, 0) is 6.42 Å². The third kappa shape index (κ3) is 7.74. The van der Waals surface area contributed by atoms with Gasteiger partial charge < -0.3 is 0 Å². The van der Waals surface area contributed by atoms with Crippen LogP contribution in [0.5, 0.6) is 0 Å². The van der Waals surface area contributed by atoms with Crippen molar-refractivity contribution in [2.24, 2.45) is 0 Å². The van der Waals surface area contributed by atoms with Gasteiger partial charge in [-0.3, -0.25) is 0 Å². The van der Waals surface area contributed by atoms with Crippen molar-refractivity contribution < 1.29 is 0 Å². The molecule has 0 saturated carbocycles. The van der Waals surface area contributed by atoms with Crippen LogP contribution in [-0.2, 0) is 0 Å². The Kier molecular flexibility index (Phi) is 7.83. The van der Waals surface area contributed by atoms with Gasteiger partial charge in [0.1, 0.15) is 0 Å². The van der Waals surface area contributed by atoms with E-state index in [0.29, 0.717) is 0 Å². The van der Waals surface area contributed by atoms with Crippen LogP contribution in [0.15, 0.2) is 0 Å². The van der Waals surface area contributed by atoms with Crippen molar-refractivity contribution in [3.8, 4) is 6.07 Å². The summed E-state index contributed by atoms with van der Waals surface area (Å²) in [4.78, 5) is 0. The van der Waals surface area contributed by atoms with Gasteiger partial charge >= 0.3 is 0 Å². The lowest BCUT2D eigenvalue weighted by atomic mass is 10.1. The maximum absolute atomic E-state index is 8.41. The first-order valence-electron chi connectivity index (χ1n) is 4.39. The Morgan fingerprint density at radius 3 is 2.45 bits per heavy atom. The van der Waals surface area contributed by atoms with Gasteiger partial charge in [0.05, 0.1) is 11.3 Å². The maximum Gasteiger partial charge on any atom is 0.0887 e. The van der Waals surface area contributed by atoms with Crippen LogP contribution >= 0.6 is 12.6 Å². The Bertz CT molecular complexity index is 117. The molecule has 0 radical (unpaired) electrons. The topological polar surface area (TPSA) is 23.8 Å². The van der Waals surface area contributed by atoms with E-state index in [1.807, 2.05) is 0 Å². The fourth-order valence-corrected chi connectivity index (χ4v) is 1.19. The summed E-state index contributed by atoms with van der Waals surface area (Å²) in [6, 6.07) is 2.12. The molecule has 0 heterocycles. The first-order valence-corrected chi connectivity index (χ1v) is 4.90. The van der Waals surface area contributed by atoms with E-state index in [1.54, 1.807) is 0 Å². The lowest BCUT2D eigenvalue weighted by Crippen LogP contribution is -1.92. The molecule has 0 saturated heterocycles. The number of hydrogen-bond donors (Lipinski definition) is 1. The number of rotatable bonds is 6. The summed E-state index contributed by atoms with van der Waals surface area (Å²) < 4.78 is 0. The van der Waals surface area contributed by atoms with Crippen molar-refractivity contribution in [3.63, 3.8) is 0 Å². The molecule has 0 aliphatic heterocycles. The molecule has 11 heavy (non-hydrogen) atoms. The van der Waals surface area contributed by atoms with Gasteiger partial charge in [-0.1, -0.05) is 39.0 Å². The summed E-state index contributed by atoms with van der Waals surface area (Å²) in [5.74, 6) is 0. The van der Waals surface area contributed by atoms with Crippen molar-refractivity contribution in [3.05, 3.63) is 0 Å². The zero-order chi connectivity index (χ0) is 8.53. The molecule has 0 aromatic heterocycles. The highest BCUT2D eigenvalue weighted by atomic mass is 32.1. The number of unbranched alkanes of at least 4 members (excludes halogenated alkanes) is 4. The predicted octanol–water partition coefficient (Wildman–Crippen LogP) is 3.17. The van der Waals surface area contributed by atoms with Crippen LogP contribution in [0.25, 0.3) is 0 Å². The Morgan fingerprint density at radius 2 is 1.91 bits per heavy atom. The fourth-order valence-electron chi connectivity index (χ4n) is 1.01. The molecular formula is C9H17NS. The molecule has 1 unspecified atom stereocenters. The molecule has 0 N–H and O–H groups in total. The van der Waals surface area contributed by atoms with Crippen molar-refractivity contribution in [1.82, 2.24) is 0 Å². The van der Waals surface area contributed by atoms with E-state index in [1.165, 1.54) is 25.7 Å². The van der Waals surface area contributed by atoms with Gasteiger partial charge in [-0.2, -0.15) is 17.9 Å². The molecule has 2 heteroatoms. The van der Waals surface area contributed by atoms with Gasteiger partial charge in [-0.15, -0.1) is 0 Å². The second-order valence-corrected chi connectivity index (χ2v) is 3.47.